The second kappa shape index (κ2) is 4.47. The summed E-state index contributed by atoms with van der Waals surface area (Å²) in [5.74, 6) is -1.18. The van der Waals surface area contributed by atoms with Crippen molar-refractivity contribution in [3.63, 3.8) is 0 Å². The third kappa shape index (κ3) is 3.23. The van der Waals surface area contributed by atoms with E-state index in [1.807, 2.05) is 0 Å². The summed E-state index contributed by atoms with van der Waals surface area (Å²) in [4.78, 5) is 19.7. The van der Waals surface area contributed by atoms with Gasteiger partial charge in [-0.05, 0) is 12.1 Å². The largest absolute Gasteiger partial charge is 0.419 e. The third-order valence-electron chi connectivity index (χ3n) is 1.68. The lowest BCUT2D eigenvalue weighted by Gasteiger charge is -2.03. The molecule has 1 aromatic rings. The fourth-order valence-electron chi connectivity index (χ4n) is 1.04. The molecule has 0 aliphatic carbocycles. The first kappa shape index (κ1) is 13.1. The quantitative estimate of drug-likeness (QED) is 0.280. The van der Waals surface area contributed by atoms with Crippen molar-refractivity contribution < 1.29 is 27.4 Å². The number of carbonyl (C=O) groups excluding carboxylic acids is 1. The highest BCUT2D eigenvalue weighted by Gasteiger charge is 2.21. The van der Waals surface area contributed by atoms with Crippen molar-refractivity contribution in [3.8, 4) is 5.75 Å². The van der Waals surface area contributed by atoms with Crippen molar-refractivity contribution in [2.75, 3.05) is 0 Å². The molecule has 9 heteroatoms. The van der Waals surface area contributed by atoms with Crippen LogP contribution in [0.2, 0.25) is 0 Å². The lowest BCUT2D eigenvalue weighted by molar-refractivity contribution is -0.385. The predicted molar refractivity (Wildman–Crippen MR) is 54.2 cm³/mol. The fourth-order valence-corrected chi connectivity index (χ4v) is 1.54. The number of ether oxygens (including phenoxy) is 1. The number of benzene rings is 1. The second-order valence-electron chi connectivity index (χ2n) is 2.96. The molecule has 92 valence electrons. The summed E-state index contributed by atoms with van der Waals surface area (Å²) < 4.78 is 34.8. The third-order valence-corrected chi connectivity index (χ3v) is 2.53. The zero-order valence-corrected chi connectivity index (χ0v) is 9.30. The number of hydrogen-bond donors (Lipinski definition) is 1. The van der Waals surface area contributed by atoms with E-state index < -0.39 is 37.3 Å². The molecule has 0 saturated heterocycles. The Morgan fingerprint density at radius 3 is 2.47 bits per heavy atom. The molecular formula is C8H7NO7S. The van der Waals surface area contributed by atoms with Crippen LogP contribution in [0.3, 0.4) is 0 Å². The Labute approximate surface area is 95.7 Å². The maximum Gasteiger partial charge on any atom is 0.313 e. The monoisotopic (exact) mass is 261 g/mol. The van der Waals surface area contributed by atoms with Crippen LogP contribution in [-0.4, -0.2) is 23.9 Å². The van der Waals surface area contributed by atoms with Gasteiger partial charge in [0, 0.05) is 13.0 Å². The summed E-state index contributed by atoms with van der Waals surface area (Å²) in [6.45, 7) is 1.04. The zero-order valence-electron chi connectivity index (χ0n) is 8.48. The van der Waals surface area contributed by atoms with Crippen LogP contribution >= 0.6 is 0 Å². The van der Waals surface area contributed by atoms with Gasteiger partial charge in [0.15, 0.2) is 0 Å². The fraction of sp³-hybridized carbons (Fsp3) is 0.125. The van der Waals surface area contributed by atoms with E-state index >= 15 is 0 Å². The Kier molecular flexibility index (Phi) is 3.44. The van der Waals surface area contributed by atoms with Crippen molar-refractivity contribution in [1.29, 1.82) is 0 Å². The van der Waals surface area contributed by atoms with Crippen LogP contribution in [0.4, 0.5) is 5.69 Å². The molecule has 1 N–H and O–H groups in total. The van der Waals surface area contributed by atoms with Crippen molar-refractivity contribution in [1.82, 2.24) is 0 Å². The number of hydrogen-bond acceptors (Lipinski definition) is 6. The standard InChI is InChI=1S/C8H7NO7S/c1-5(10)16-8-3-2-6(17(13,14)15)4-7(8)9(11)12/h2-4H,1H3,(H,13,14,15). The molecule has 8 nitrogen and oxygen atoms in total. The molecular weight excluding hydrogens is 254 g/mol. The Morgan fingerprint density at radius 2 is 2.06 bits per heavy atom. The highest BCUT2D eigenvalue weighted by atomic mass is 32.2. The average molecular weight is 261 g/mol. The zero-order chi connectivity index (χ0) is 13.2. The first-order chi connectivity index (χ1) is 7.71. The lowest BCUT2D eigenvalue weighted by Crippen LogP contribution is -2.05. The highest BCUT2D eigenvalue weighted by molar-refractivity contribution is 7.85. The highest BCUT2D eigenvalue weighted by Crippen LogP contribution is 2.29. The summed E-state index contributed by atoms with van der Waals surface area (Å²) in [5.41, 5.74) is -0.727. The summed E-state index contributed by atoms with van der Waals surface area (Å²) in [6, 6.07) is 2.41. The van der Waals surface area contributed by atoms with Gasteiger partial charge in [-0.1, -0.05) is 0 Å². The molecule has 0 spiro atoms. The van der Waals surface area contributed by atoms with Crippen molar-refractivity contribution in [3.05, 3.63) is 28.3 Å². The van der Waals surface area contributed by atoms with Gasteiger partial charge in [0.2, 0.25) is 5.75 Å². The van der Waals surface area contributed by atoms with Crippen molar-refractivity contribution in [2.45, 2.75) is 11.8 Å². The molecule has 0 saturated carbocycles. The second-order valence-corrected chi connectivity index (χ2v) is 4.38. The normalized spacial score (nSPS) is 10.9. The maximum absolute atomic E-state index is 10.8. The van der Waals surface area contributed by atoms with E-state index in [2.05, 4.69) is 4.74 Å². The van der Waals surface area contributed by atoms with Crippen LogP contribution in [0.15, 0.2) is 23.1 Å². The van der Waals surface area contributed by atoms with Gasteiger partial charge in [-0.3, -0.25) is 19.5 Å². The molecule has 1 aromatic carbocycles. The van der Waals surface area contributed by atoms with E-state index in [4.69, 9.17) is 4.55 Å². The molecule has 17 heavy (non-hydrogen) atoms. The minimum atomic E-state index is -4.55. The summed E-state index contributed by atoms with van der Waals surface area (Å²) in [7, 11) is -4.55. The van der Waals surface area contributed by atoms with E-state index in [1.165, 1.54) is 0 Å². The molecule has 0 heterocycles. The van der Waals surface area contributed by atoms with Crippen LogP contribution in [0.5, 0.6) is 5.75 Å². The van der Waals surface area contributed by atoms with Gasteiger partial charge in [0.05, 0.1) is 4.92 Å². The number of rotatable bonds is 3. The van der Waals surface area contributed by atoms with Crippen molar-refractivity contribution in [2.24, 2.45) is 0 Å². The SMILES string of the molecule is CC(=O)Oc1ccc(S(=O)(=O)O)cc1[N+](=O)[O-]. The van der Waals surface area contributed by atoms with Gasteiger partial charge in [0.1, 0.15) is 4.90 Å². The lowest BCUT2D eigenvalue weighted by atomic mass is 10.3. The van der Waals surface area contributed by atoms with E-state index in [0.29, 0.717) is 6.07 Å². The van der Waals surface area contributed by atoms with Gasteiger partial charge in [0.25, 0.3) is 10.1 Å². The van der Waals surface area contributed by atoms with Crippen LogP contribution in [0, 0.1) is 10.1 Å². The minimum Gasteiger partial charge on any atom is -0.419 e. The van der Waals surface area contributed by atoms with Gasteiger partial charge in [-0.2, -0.15) is 8.42 Å². The molecule has 0 bridgehead atoms. The van der Waals surface area contributed by atoms with E-state index in [0.717, 1.165) is 19.1 Å². The van der Waals surface area contributed by atoms with E-state index in [-0.39, 0.29) is 0 Å². The molecule has 0 aliphatic rings. The summed E-state index contributed by atoms with van der Waals surface area (Å²) in [5, 5.41) is 10.6. The topological polar surface area (TPSA) is 124 Å². The Bertz CT molecular complexity index is 578. The average Bonchev–Trinajstić information content (AvgIpc) is 2.15. The first-order valence-corrected chi connectivity index (χ1v) is 5.60. The van der Waals surface area contributed by atoms with Crippen LogP contribution < -0.4 is 4.74 Å². The summed E-state index contributed by atoms with van der Waals surface area (Å²) in [6.07, 6.45) is 0. The van der Waals surface area contributed by atoms with E-state index in [1.54, 1.807) is 0 Å². The molecule has 0 unspecified atom stereocenters. The molecule has 0 atom stereocenters. The Balaban J connectivity index is 3.37. The molecule has 0 aliphatic heterocycles. The van der Waals surface area contributed by atoms with Gasteiger partial charge >= 0.3 is 11.7 Å². The Morgan fingerprint density at radius 1 is 1.47 bits per heavy atom. The number of nitro groups is 1. The maximum atomic E-state index is 10.8. The molecule has 0 amide bonds. The number of esters is 1. The van der Waals surface area contributed by atoms with E-state index in [9.17, 15) is 23.3 Å². The first-order valence-electron chi connectivity index (χ1n) is 4.16. The predicted octanol–water partition coefficient (Wildman–Crippen LogP) is 0.767. The number of carbonyl (C=O) groups is 1. The molecule has 1 rings (SSSR count). The van der Waals surface area contributed by atoms with Crippen LogP contribution in [0.25, 0.3) is 0 Å². The minimum absolute atomic E-state index is 0.394. The number of nitro benzene ring substituents is 1. The number of nitrogens with zero attached hydrogens (tertiary/aromatic N) is 1. The molecule has 0 fully saturated rings. The van der Waals surface area contributed by atoms with Crippen molar-refractivity contribution >= 4 is 21.8 Å². The Hall–Kier alpha value is -2.00. The summed E-state index contributed by atoms with van der Waals surface area (Å²) >= 11 is 0. The van der Waals surface area contributed by atoms with Gasteiger partial charge in [-0.25, -0.2) is 0 Å². The van der Waals surface area contributed by atoms with Crippen LogP contribution in [0.1, 0.15) is 6.92 Å². The van der Waals surface area contributed by atoms with Gasteiger partial charge < -0.3 is 4.74 Å². The molecule has 0 radical (unpaired) electrons. The van der Waals surface area contributed by atoms with Crippen LogP contribution in [-0.2, 0) is 14.9 Å². The molecule has 0 aromatic heterocycles. The van der Waals surface area contributed by atoms with Gasteiger partial charge in [-0.15, -0.1) is 0 Å². The smallest absolute Gasteiger partial charge is 0.313 e.